The molecule has 1 aromatic carbocycles. The van der Waals surface area contributed by atoms with Crippen molar-refractivity contribution in [3.8, 4) is 5.75 Å². The van der Waals surface area contributed by atoms with E-state index < -0.39 is 0 Å². The van der Waals surface area contributed by atoms with Crippen LogP contribution in [-0.2, 0) is 16.1 Å². The minimum absolute atomic E-state index is 0.204. The fourth-order valence-corrected chi connectivity index (χ4v) is 4.47. The van der Waals surface area contributed by atoms with Crippen LogP contribution in [0.1, 0.15) is 31.2 Å². The topological polar surface area (TPSA) is 42.0 Å². The van der Waals surface area contributed by atoms with Gasteiger partial charge < -0.3 is 14.4 Å². The minimum Gasteiger partial charge on any atom is -0.497 e. The van der Waals surface area contributed by atoms with Gasteiger partial charge in [0.25, 0.3) is 5.91 Å². The highest BCUT2D eigenvalue weighted by atomic mass is 16.5. The van der Waals surface area contributed by atoms with E-state index in [1.54, 1.807) is 7.11 Å². The van der Waals surface area contributed by atoms with Gasteiger partial charge in [-0.3, -0.25) is 9.69 Å². The van der Waals surface area contributed by atoms with Gasteiger partial charge in [0, 0.05) is 26.2 Å². The predicted molar refractivity (Wildman–Crippen MR) is 95.5 cm³/mol. The number of carbonyl (C=O) groups excluding carboxylic acids is 1. The smallest absolute Gasteiger partial charge is 0.251 e. The fourth-order valence-electron chi connectivity index (χ4n) is 4.47. The normalized spacial score (nSPS) is 29.6. The van der Waals surface area contributed by atoms with Crippen LogP contribution in [0.25, 0.3) is 0 Å². The molecule has 136 valence electrons. The lowest BCUT2D eigenvalue weighted by molar-refractivity contribution is -0.142. The summed E-state index contributed by atoms with van der Waals surface area (Å²) < 4.78 is 11.5. The van der Waals surface area contributed by atoms with Crippen LogP contribution >= 0.6 is 0 Å². The maximum absolute atomic E-state index is 12.6. The molecule has 0 aliphatic carbocycles. The molecule has 3 heterocycles. The third-order valence-corrected chi connectivity index (χ3v) is 5.87. The van der Waals surface area contributed by atoms with Gasteiger partial charge in [0.15, 0.2) is 0 Å². The van der Waals surface area contributed by atoms with Crippen LogP contribution in [-0.4, -0.2) is 61.2 Å². The van der Waals surface area contributed by atoms with Gasteiger partial charge in [-0.25, -0.2) is 0 Å². The molecular weight excluding hydrogens is 316 g/mol. The highest BCUT2D eigenvalue weighted by Crippen LogP contribution is 2.35. The lowest BCUT2D eigenvalue weighted by Gasteiger charge is -2.34. The van der Waals surface area contributed by atoms with Crippen molar-refractivity contribution in [3.05, 3.63) is 29.8 Å². The highest BCUT2D eigenvalue weighted by Gasteiger charge is 2.43. The van der Waals surface area contributed by atoms with Gasteiger partial charge in [-0.05, 0) is 55.8 Å². The number of likely N-dealkylation sites (tertiary alicyclic amines) is 2. The van der Waals surface area contributed by atoms with Crippen LogP contribution in [0.4, 0.5) is 0 Å². The molecule has 0 aromatic heterocycles. The average molecular weight is 344 g/mol. The molecule has 3 aliphatic heterocycles. The molecule has 3 aliphatic rings. The summed E-state index contributed by atoms with van der Waals surface area (Å²) in [5.74, 6) is 1.67. The third-order valence-electron chi connectivity index (χ3n) is 5.87. The van der Waals surface area contributed by atoms with E-state index in [-0.39, 0.29) is 18.1 Å². The zero-order chi connectivity index (χ0) is 17.2. The van der Waals surface area contributed by atoms with Crippen molar-refractivity contribution < 1.29 is 14.3 Å². The molecule has 3 atom stereocenters. The molecule has 4 rings (SSSR count). The van der Waals surface area contributed by atoms with Crippen molar-refractivity contribution in [2.45, 2.75) is 44.4 Å². The van der Waals surface area contributed by atoms with Gasteiger partial charge in [0.05, 0.1) is 13.2 Å². The number of amides is 1. The van der Waals surface area contributed by atoms with E-state index >= 15 is 0 Å². The number of benzene rings is 1. The van der Waals surface area contributed by atoms with Crippen molar-refractivity contribution >= 4 is 5.91 Å². The number of methoxy groups -OCH3 is 1. The van der Waals surface area contributed by atoms with E-state index in [1.807, 2.05) is 17.0 Å². The first kappa shape index (κ1) is 16.9. The molecule has 3 saturated heterocycles. The number of ether oxygens (including phenoxy) is 2. The number of carbonyl (C=O) groups is 1. The number of piperidine rings is 1. The first-order valence-corrected chi connectivity index (χ1v) is 9.52. The minimum atomic E-state index is -0.204. The van der Waals surface area contributed by atoms with Crippen molar-refractivity contribution in [2.24, 2.45) is 5.92 Å². The Bertz CT molecular complexity index is 615. The molecule has 0 unspecified atom stereocenters. The maximum atomic E-state index is 12.6. The summed E-state index contributed by atoms with van der Waals surface area (Å²) in [5.41, 5.74) is 1.26. The quantitative estimate of drug-likeness (QED) is 0.840. The van der Waals surface area contributed by atoms with E-state index in [0.29, 0.717) is 5.92 Å². The van der Waals surface area contributed by atoms with Crippen LogP contribution in [0.15, 0.2) is 24.3 Å². The lowest BCUT2D eigenvalue weighted by atomic mass is 9.91. The van der Waals surface area contributed by atoms with E-state index in [2.05, 4.69) is 17.0 Å². The van der Waals surface area contributed by atoms with Gasteiger partial charge in [-0.15, -0.1) is 0 Å². The van der Waals surface area contributed by atoms with Gasteiger partial charge in [0.2, 0.25) is 0 Å². The SMILES string of the molecule is COc1cccc(CN2CC[C@H]3C[C@H](C(=O)N4CCCC4)O[C@H]3C2)c1. The molecule has 0 bridgehead atoms. The van der Waals surface area contributed by atoms with E-state index in [4.69, 9.17) is 9.47 Å². The summed E-state index contributed by atoms with van der Waals surface area (Å²) in [4.78, 5) is 17.0. The van der Waals surface area contributed by atoms with Crippen molar-refractivity contribution in [2.75, 3.05) is 33.3 Å². The Morgan fingerprint density at radius 1 is 1.28 bits per heavy atom. The standard InChI is InChI=1S/C20H28N2O3/c1-24-17-6-4-5-15(11-17)13-21-10-7-16-12-18(25-19(16)14-21)20(23)22-8-2-3-9-22/h4-6,11,16,18-19H,2-3,7-10,12-14H2,1H3/t16-,18+,19-/m0/s1. The predicted octanol–water partition coefficient (Wildman–Crippen LogP) is 2.30. The van der Waals surface area contributed by atoms with Crippen LogP contribution in [0.2, 0.25) is 0 Å². The zero-order valence-corrected chi connectivity index (χ0v) is 15.0. The highest BCUT2D eigenvalue weighted by molar-refractivity contribution is 5.81. The van der Waals surface area contributed by atoms with E-state index in [1.165, 1.54) is 5.56 Å². The molecule has 0 saturated carbocycles. The van der Waals surface area contributed by atoms with Crippen LogP contribution in [0.3, 0.4) is 0 Å². The van der Waals surface area contributed by atoms with Crippen LogP contribution < -0.4 is 4.74 Å². The second kappa shape index (κ2) is 7.34. The Morgan fingerprint density at radius 3 is 2.92 bits per heavy atom. The molecule has 5 heteroatoms. The number of nitrogens with zero attached hydrogens (tertiary/aromatic N) is 2. The number of hydrogen-bond donors (Lipinski definition) is 0. The summed E-state index contributed by atoms with van der Waals surface area (Å²) in [7, 11) is 1.70. The molecule has 5 nitrogen and oxygen atoms in total. The summed E-state index contributed by atoms with van der Waals surface area (Å²) in [6.07, 6.45) is 4.31. The molecule has 0 N–H and O–H groups in total. The number of rotatable bonds is 4. The molecule has 3 fully saturated rings. The molecular formula is C20H28N2O3. The van der Waals surface area contributed by atoms with Crippen molar-refractivity contribution in [1.29, 1.82) is 0 Å². The maximum Gasteiger partial charge on any atom is 0.251 e. The zero-order valence-electron chi connectivity index (χ0n) is 15.0. The summed E-state index contributed by atoms with van der Waals surface area (Å²) in [5, 5.41) is 0. The molecule has 1 amide bonds. The van der Waals surface area contributed by atoms with Crippen LogP contribution in [0, 0.1) is 5.92 Å². The molecule has 0 radical (unpaired) electrons. The van der Waals surface area contributed by atoms with E-state index in [9.17, 15) is 4.79 Å². The summed E-state index contributed by atoms with van der Waals surface area (Å²) in [6, 6.07) is 8.26. The first-order valence-electron chi connectivity index (χ1n) is 9.52. The molecule has 1 aromatic rings. The Kier molecular flexibility index (Phi) is 4.95. The van der Waals surface area contributed by atoms with Crippen LogP contribution in [0.5, 0.6) is 5.75 Å². The average Bonchev–Trinajstić information content (AvgIpc) is 3.30. The van der Waals surface area contributed by atoms with Crippen molar-refractivity contribution in [1.82, 2.24) is 9.80 Å². The Labute approximate surface area is 149 Å². The van der Waals surface area contributed by atoms with Gasteiger partial charge in [-0.2, -0.15) is 0 Å². The third kappa shape index (κ3) is 3.67. The van der Waals surface area contributed by atoms with Gasteiger partial charge >= 0.3 is 0 Å². The molecule has 25 heavy (non-hydrogen) atoms. The summed E-state index contributed by atoms with van der Waals surface area (Å²) >= 11 is 0. The van der Waals surface area contributed by atoms with Gasteiger partial charge in [-0.1, -0.05) is 12.1 Å². The Morgan fingerprint density at radius 2 is 2.12 bits per heavy atom. The second-order valence-electron chi connectivity index (χ2n) is 7.57. The monoisotopic (exact) mass is 344 g/mol. The number of fused-ring (bicyclic) bond motifs is 1. The summed E-state index contributed by atoms with van der Waals surface area (Å²) in [6.45, 7) is 4.73. The first-order chi connectivity index (χ1) is 12.2. The van der Waals surface area contributed by atoms with Gasteiger partial charge in [0.1, 0.15) is 11.9 Å². The van der Waals surface area contributed by atoms with Crippen molar-refractivity contribution in [3.63, 3.8) is 0 Å². The lowest BCUT2D eigenvalue weighted by Crippen LogP contribution is -2.42. The fraction of sp³-hybridized carbons (Fsp3) is 0.650. The largest absolute Gasteiger partial charge is 0.497 e. The van der Waals surface area contributed by atoms with E-state index in [0.717, 1.165) is 64.2 Å². The Hall–Kier alpha value is -1.59. The Balaban J connectivity index is 1.34. The second-order valence-corrected chi connectivity index (χ2v) is 7.57. The number of hydrogen-bond acceptors (Lipinski definition) is 4. The molecule has 0 spiro atoms.